The average Bonchev–Trinajstić information content (AvgIpc) is 3.00. The van der Waals surface area contributed by atoms with Crippen LogP contribution in [0.5, 0.6) is 0 Å². The highest BCUT2D eigenvalue weighted by Gasteiger charge is 2.32. The zero-order valence-electron chi connectivity index (χ0n) is 29.4. The smallest absolute Gasteiger partial charge is 0.184 e. The minimum absolute atomic E-state index is 0.00395. The minimum atomic E-state index is -0.706. The van der Waals surface area contributed by atoms with Gasteiger partial charge in [-0.1, -0.05) is 82.2 Å². The van der Waals surface area contributed by atoms with Gasteiger partial charge in [0.25, 0.3) is 0 Å². The van der Waals surface area contributed by atoms with E-state index in [9.17, 15) is 15.0 Å². The van der Waals surface area contributed by atoms with Crippen molar-refractivity contribution in [3.05, 3.63) is 59.4 Å². The molecular formula is C38H64O6. The minimum Gasteiger partial charge on any atom is -0.493 e. The molecule has 0 aromatic heterocycles. The van der Waals surface area contributed by atoms with Crippen molar-refractivity contribution in [3.8, 4) is 0 Å². The number of aliphatic hydroxyl groups excluding tert-OH is 2. The summed E-state index contributed by atoms with van der Waals surface area (Å²) in [6.45, 7) is 16.6. The number of hydrogen-bond donors (Lipinski definition) is 2. The molecular weight excluding hydrogens is 552 g/mol. The fourth-order valence-electron chi connectivity index (χ4n) is 6.44. The van der Waals surface area contributed by atoms with Crippen molar-refractivity contribution in [2.45, 2.75) is 131 Å². The topological polar surface area (TPSA) is 85.2 Å². The van der Waals surface area contributed by atoms with E-state index in [1.54, 1.807) is 13.2 Å². The maximum Gasteiger partial charge on any atom is 0.184 e. The van der Waals surface area contributed by atoms with Gasteiger partial charge in [-0.05, 0) is 89.5 Å². The molecule has 0 amide bonds. The fraction of sp³-hybridized carbons (Fsp3) is 0.711. The summed E-state index contributed by atoms with van der Waals surface area (Å²) in [5, 5.41) is 22.3. The number of aldehydes is 1. The lowest BCUT2D eigenvalue weighted by molar-refractivity contribution is -0.107. The van der Waals surface area contributed by atoms with Crippen molar-refractivity contribution < 1.29 is 29.2 Å². The number of carbonyl (C=O) groups is 1. The van der Waals surface area contributed by atoms with Gasteiger partial charge < -0.3 is 24.4 Å². The van der Waals surface area contributed by atoms with Crippen LogP contribution in [0.15, 0.2) is 59.4 Å². The summed E-state index contributed by atoms with van der Waals surface area (Å²) in [6, 6.07) is 0. The predicted molar refractivity (Wildman–Crippen MR) is 182 cm³/mol. The first-order valence-corrected chi connectivity index (χ1v) is 16.8. The first-order valence-electron chi connectivity index (χ1n) is 16.8. The van der Waals surface area contributed by atoms with Crippen LogP contribution in [0.3, 0.4) is 0 Å². The number of hydrogen-bond acceptors (Lipinski definition) is 6. The Morgan fingerprint density at radius 1 is 1.07 bits per heavy atom. The van der Waals surface area contributed by atoms with E-state index in [1.165, 1.54) is 19.1 Å². The van der Waals surface area contributed by atoms with Crippen molar-refractivity contribution in [2.75, 3.05) is 14.2 Å². The Labute approximate surface area is 269 Å². The monoisotopic (exact) mass is 616 g/mol. The van der Waals surface area contributed by atoms with Gasteiger partial charge in [0.05, 0.1) is 37.6 Å². The molecule has 7 unspecified atom stereocenters. The Morgan fingerprint density at radius 3 is 2.36 bits per heavy atom. The molecule has 0 aliphatic carbocycles. The lowest BCUT2D eigenvalue weighted by atomic mass is 9.79. The van der Waals surface area contributed by atoms with Crippen molar-refractivity contribution in [1.82, 2.24) is 0 Å². The number of ether oxygens (including phenoxy) is 3. The summed E-state index contributed by atoms with van der Waals surface area (Å²) in [7, 11) is 3.26. The van der Waals surface area contributed by atoms with Crippen LogP contribution in [-0.2, 0) is 19.0 Å². The molecule has 0 saturated carbocycles. The highest BCUT2D eigenvalue weighted by molar-refractivity contribution is 5.71. The van der Waals surface area contributed by atoms with Crippen LogP contribution < -0.4 is 0 Å². The van der Waals surface area contributed by atoms with Gasteiger partial charge in [-0.3, -0.25) is 4.79 Å². The lowest BCUT2D eigenvalue weighted by Gasteiger charge is -2.34. The van der Waals surface area contributed by atoms with E-state index in [0.717, 1.165) is 37.7 Å². The fourth-order valence-corrected chi connectivity index (χ4v) is 6.44. The van der Waals surface area contributed by atoms with E-state index in [1.807, 2.05) is 33.8 Å². The summed E-state index contributed by atoms with van der Waals surface area (Å²) >= 11 is 0. The van der Waals surface area contributed by atoms with Crippen LogP contribution in [0.4, 0.5) is 0 Å². The molecule has 252 valence electrons. The molecule has 1 aliphatic heterocycles. The zero-order valence-corrected chi connectivity index (χ0v) is 29.4. The standard InChI is InChI=1S/C38H64O6/c1-11-15-36-29(6)19-21-32(44-36)20-18-28(5)35(43-10)17-14-13-16-26(3)22-30(7)37(40)34(12-2)38(41)31(8)23-27(4)24-33(25-39)42-9/h11,13-16,23-25,28-32,34-38,40-41H,12,17-22H2,1-10H3/b14-13+,15-11+,26-16+,27-23+,33-24-/t28?,29?,30-,31?,32?,34+,35?,36-,37?,38?/m1/s1. The van der Waals surface area contributed by atoms with Crippen molar-refractivity contribution in [2.24, 2.45) is 29.6 Å². The van der Waals surface area contributed by atoms with Crippen molar-refractivity contribution in [3.63, 3.8) is 0 Å². The second-order valence-electron chi connectivity index (χ2n) is 13.2. The van der Waals surface area contributed by atoms with Gasteiger partial charge in [-0.15, -0.1) is 0 Å². The Bertz CT molecular complexity index is 962. The highest BCUT2D eigenvalue weighted by atomic mass is 16.5. The average molecular weight is 617 g/mol. The number of carbonyl (C=O) groups excluding carboxylic acids is 1. The SMILES string of the molecule is C/C=C/[C@H]1OC(CCC(C)C(C/C=C/C=C(\C)C[C@@H](C)C(O)[C@H](CC)C(O)C(C)/C=C(C)/C=C(/C=O)OC)OC)CCC1C. The third kappa shape index (κ3) is 14.0. The molecule has 1 heterocycles. The van der Waals surface area contributed by atoms with E-state index in [2.05, 4.69) is 58.1 Å². The second kappa shape index (κ2) is 21.7. The first-order chi connectivity index (χ1) is 20.9. The van der Waals surface area contributed by atoms with Crippen LogP contribution in [0.25, 0.3) is 0 Å². The van der Waals surface area contributed by atoms with Gasteiger partial charge in [0, 0.05) is 18.9 Å². The first kappa shape index (κ1) is 40.0. The third-order valence-corrected chi connectivity index (χ3v) is 9.37. The van der Waals surface area contributed by atoms with Crippen LogP contribution in [0, 0.1) is 29.6 Å². The van der Waals surface area contributed by atoms with E-state index in [0.29, 0.717) is 30.6 Å². The molecule has 44 heavy (non-hydrogen) atoms. The van der Waals surface area contributed by atoms with Gasteiger partial charge in [0.15, 0.2) is 12.0 Å². The molecule has 0 bridgehead atoms. The summed E-state index contributed by atoms with van der Waals surface area (Å²) in [5.74, 6) is 0.814. The van der Waals surface area contributed by atoms with Gasteiger partial charge in [0.2, 0.25) is 0 Å². The molecule has 2 N–H and O–H groups in total. The largest absolute Gasteiger partial charge is 0.493 e. The Balaban J connectivity index is 2.65. The molecule has 0 spiro atoms. The Morgan fingerprint density at radius 2 is 1.77 bits per heavy atom. The highest BCUT2D eigenvalue weighted by Crippen LogP contribution is 2.31. The maximum atomic E-state index is 11.2. The molecule has 10 atom stereocenters. The van der Waals surface area contributed by atoms with E-state index in [4.69, 9.17) is 14.2 Å². The van der Waals surface area contributed by atoms with Crippen molar-refractivity contribution >= 4 is 6.29 Å². The van der Waals surface area contributed by atoms with Gasteiger partial charge >= 0.3 is 0 Å². The molecule has 6 nitrogen and oxygen atoms in total. The van der Waals surface area contributed by atoms with E-state index < -0.39 is 12.2 Å². The van der Waals surface area contributed by atoms with Crippen molar-refractivity contribution in [1.29, 1.82) is 0 Å². The summed E-state index contributed by atoms with van der Waals surface area (Å²) in [4.78, 5) is 11.0. The molecule has 1 rings (SSSR count). The number of aliphatic hydroxyl groups is 2. The molecule has 1 fully saturated rings. The quantitative estimate of drug-likeness (QED) is 0.0472. The zero-order chi connectivity index (χ0) is 33.2. The van der Waals surface area contributed by atoms with E-state index >= 15 is 0 Å². The normalized spacial score (nSPS) is 25.5. The Kier molecular flexibility index (Phi) is 19.7. The second-order valence-corrected chi connectivity index (χ2v) is 13.2. The number of allylic oxidation sites excluding steroid dienone is 7. The van der Waals surface area contributed by atoms with Crippen LogP contribution in [-0.4, -0.2) is 61.2 Å². The molecule has 1 aliphatic rings. The number of methoxy groups -OCH3 is 2. The Hall–Kier alpha value is -1.99. The lowest BCUT2D eigenvalue weighted by Crippen LogP contribution is -2.38. The molecule has 0 aromatic rings. The van der Waals surface area contributed by atoms with Crippen LogP contribution in [0.2, 0.25) is 0 Å². The molecule has 6 heteroatoms. The number of rotatable bonds is 20. The molecule has 0 aromatic carbocycles. The van der Waals surface area contributed by atoms with Crippen LogP contribution in [0.1, 0.15) is 100 Å². The molecule has 1 saturated heterocycles. The van der Waals surface area contributed by atoms with E-state index in [-0.39, 0.29) is 35.7 Å². The summed E-state index contributed by atoms with van der Waals surface area (Å²) in [6.07, 6.45) is 21.1. The summed E-state index contributed by atoms with van der Waals surface area (Å²) < 4.78 is 17.2. The predicted octanol–water partition coefficient (Wildman–Crippen LogP) is 8.16. The third-order valence-electron chi connectivity index (χ3n) is 9.37. The maximum absolute atomic E-state index is 11.2. The van der Waals surface area contributed by atoms with Crippen LogP contribution >= 0.6 is 0 Å². The molecule has 0 radical (unpaired) electrons. The summed E-state index contributed by atoms with van der Waals surface area (Å²) in [5.41, 5.74) is 2.02. The van der Waals surface area contributed by atoms with Gasteiger partial charge in [-0.25, -0.2) is 0 Å². The van der Waals surface area contributed by atoms with Gasteiger partial charge in [-0.2, -0.15) is 0 Å². The van der Waals surface area contributed by atoms with Gasteiger partial charge in [0.1, 0.15) is 0 Å².